The smallest absolute Gasteiger partial charge is 0.129 e. The van der Waals surface area contributed by atoms with Crippen molar-refractivity contribution < 1.29 is 0 Å². The van der Waals surface area contributed by atoms with E-state index in [1.165, 1.54) is 4.88 Å². The molecule has 0 fully saturated rings. The predicted molar refractivity (Wildman–Crippen MR) is 67.3 cm³/mol. The third-order valence-corrected chi connectivity index (χ3v) is 3.19. The zero-order valence-electron chi connectivity index (χ0n) is 9.26. The van der Waals surface area contributed by atoms with Gasteiger partial charge in [0.25, 0.3) is 0 Å². The Morgan fingerprint density at radius 3 is 3.00 bits per heavy atom. The first-order valence-corrected chi connectivity index (χ1v) is 6.25. The molecular formula is C12H15N3S. The van der Waals surface area contributed by atoms with Crippen LogP contribution in [0.4, 0.5) is 0 Å². The maximum Gasteiger partial charge on any atom is 0.129 e. The Hall–Kier alpha value is -1.26. The highest BCUT2D eigenvalue weighted by atomic mass is 32.1. The van der Waals surface area contributed by atoms with Gasteiger partial charge in [0, 0.05) is 18.7 Å². The lowest BCUT2D eigenvalue weighted by Gasteiger charge is -2.04. The van der Waals surface area contributed by atoms with Crippen LogP contribution in [0, 0.1) is 0 Å². The van der Waals surface area contributed by atoms with Gasteiger partial charge >= 0.3 is 0 Å². The van der Waals surface area contributed by atoms with Gasteiger partial charge in [-0.3, -0.25) is 0 Å². The van der Waals surface area contributed by atoms with Crippen LogP contribution in [0.3, 0.4) is 0 Å². The van der Waals surface area contributed by atoms with E-state index >= 15 is 0 Å². The predicted octanol–water partition coefficient (Wildman–Crippen LogP) is 2.48. The molecule has 2 heterocycles. The average molecular weight is 233 g/mol. The van der Waals surface area contributed by atoms with Crippen molar-refractivity contribution in [2.24, 2.45) is 5.73 Å². The average Bonchev–Trinajstić information content (AvgIpc) is 2.80. The van der Waals surface area contributed by atoms with Crippen LogP contribution < -0.4 is 5.73 Å². The number of thiophene rings is 1. The summed E-state index contributed by atoms with van der Waals surface area (Å²) < 4.78 is 0. The number of nitrogens with two attached hydrogens (primary N) is 1. The molecule has 0 radical (unpaired) electrons. The first-order chi connectivity index (χ1) is 7.75. The van der Waals surface area contributed by atoms with Gasteiger partial charge in [0.1, 0.15) is 5.82 Å². The van der Waals surface area contributed by atoms with E-state index < -0.39 is 0 Å². The summed E-state index contributed by atoms with van der Waals surface area (Å²) in [5.74, 6) is 0.878. The highest BCUT2D eigenvalue weighted by molar-refractivity contribution is 7.13. The molecule has 0 aliphatic heterocycles. The number of aryl methyl sites for hydroxylation is 1. The van der Waals surface area contributed by atoms with E-state index in [2.05, 4.69) is 21.4 Å². The molecule has 0 aliphatic carbocycles. The number of hydrogen-bond donors (Lipinski definition) is 1. The van der Waals surface area contributed by atoms with Crippen molar-refractivity contribution >= 4 is 11.3 Å². The maximum absolute atomic E-state index is 5.72. The summed E-state index contributed by atoms with van der Waals surface area (Å²) in [6.45, 7) is 2.00. The van der Waals surface area contributed by atoms with Gasteiger partial charge in [-0.05, 0) is 30.9 Å². The lowest BCUT2D eigenvalue weighted by molar-refractivity contribution is 0.648. The SMILES string of the molecule is CC(N)CCc1nccc(-c2cccs2)n1. The molecule has 2 aromatic heterocycles. The molecule has 0 amide bonds. The Morgan fingerprint density at radius 2 is 2.31 bits per heavy atom. The third kappa shape index (κ3) is 2.87. The molecule has 1 atom stereocenters. The summed E-state index contributed by atoms with van der Waals surface area (Å²) in [5.41, 5.74) is 6.72. The van der Waals surface area contributed by atoms with Crippen molar-refractivity contribution in [2.75, 3.05) is 0 Å². The lowest BCUT2D eigenvalue weighted by atomic mass is 10.2. The summed E-state index contributed by atoms with van der Waals surface area (Å²) in [6.07, 6.45) is 3.59. The van der Waals surface area contributed by atoms with Crippen LogP contribution in [0.15, 0.2) is 29.8 Å². The molecule has 0 saturated heterocycles. The standard InChI is InChI=1S/C12H15N3S/c1-9(13)4-5-12-14-7-6-10(15-12)11-3-2-8-16-11/h2-3,6-9H,4-5,13H2,1H3. The molecule has 84 valence electrons. The fraction of sp³-hybridized carbons (Fsp3) is 0.333. The third-order valence-electron chi connectivity index (χ3n) is 2.30. The summed E-state index contributed by atoms with van der Waals surface area (Å²) in [4.78, 5) is 9.97. The number of nitrogens with zero attached hydrogens (tertiary/aromatic N) is 2. The summed E-state index contributed by atoms with van der Waals surface area (Å²) in [5, 5.41) is 2.05. The first kappa shape index (κ1) is 11.2. The van der Waals surface area contributed by atoms with E-state index in [4.69, 9.17) is 5.73 Å². The van der Waals surface area contributed by atoms with Crippen molar-refractivity contribution in [1.82, 2.24) is 9.97 Å². The maximum atomic E-state index is 5.72. The van der Waals surface area contributed by atoms with Crippen molar-refractivity contribution in [1.29, 1.82) is 0 Å². The number of hydrogen-bond acceptors (Lipinski definition) is 4. The molecule has 2 aromatic rings. The fourth-order valence-electron chi connectivity index (χ4n) is 1.44. The Kier molecular flexibility index (Phi) is 3.64. The highest BCUT2D eigenvalue weighted by Gasteiger charge is 2.04. The molecule has 2 N–H and O–H groups in total. The summed E-state index contributed by atoms with van der Waals surface area (Å²) >= 11 is 1.69. The molecule has 3 nitrogen and oxygen atoms in total. The van der Waals surface area contributed by atoms with E-state index in [1.807, 2.05) is 25.3 Å². The number of aromatic nitrogens is 2. The molecule has 1 unspecified atom stereocenters. The van der Waals surface area contributed by atoms with Crippen molar-refractivity contribution in [3.8, 4) is 10.6 Å². The van der Waals surface area contributed by atoms with E-state index in [-0.39, 0.29) is 6.04 Å². The van der Waals surface area contributed by atoms with Gasteiger partial charge in [0.2, 0.25) is 0 Å². The quantitative estimate of drug-likeness (QED) is 0.882. The zero-order chi connectivity index (χ0) is 11.4. The van der Waals surface area contributed by atoms with Gasteiger partial charge in [-0.15, -0.1) is 11.3 Å². The second kappa shape index (κ2) is 5.18. The molecular weight excluding hydrogens is 218 g/mol. The Labute approximate surface area is 99.4 Å². The lowest BCUT2D eigenvalue weighted by Crippen LogP contribution is -2.16. The second-order valence-electron chi connectivity index (χ2n) is 3.85. The van der Waals surface area contributed by atoms with E-state index in [1.54, 1.807) is 11.3 Å². The van der Waals surface area contributed by atoms with E-state index in [0.717, 1.165) is 24.4 Å². The zero-order valence-corrected chi connectivity index (χ0v) is 10.1. The van der Waals surface area contributed by atoms with Crippen LogP contribution in [-0.2, 0) is 6.42 Å². The Bertz CT molecular complexity index is 437. The Morgan fingerprint density at radius 1 is 1.44 bits per heavy atom. The summed E-state index contributed by atoms with van der Waals surface area (Å²) in [6, 6.07) is 6.25. The molecule has 16 heavy (non-hydrogen) atoms. The topological polar surface area (TPSA) is 51.8 Å². The van der Waals surface area contributed by atoms with Crippen LogP contribution in [0.1, 0.15) is 19.2 Å². The molecule has 0 saturated carbocycles. The summed E-state index contributed by atoms with van der Waals surface area (Å²) in [7, 11) is 0. The van der Waals surface area contributed by atoms with Crippen LogP contribution in [0.25, 0.3) is 10.6 Å². The van der Waals surface area contributed by atoms with Gasteiger partial charge in [-0.2, -0.15) is 0 Å². The van der Waals surface area contributed by atoms with Crippen LogP contribution >= 0.6 is 11.3 Å². The first-order valence-electron chi connectivity index (χ1n) is 5.37. The normalized spacial score (nSPS) is 12.6. The van der Waals surface area contributed by atoms with E-state index in [0.29, 0.717) is 0 Å². The molecule has 0 aliphatic rings. The minimum Gasteiger partial charge on any atom is -0.328 e. The monoisotopic (exact) mass is 233 g/mol. The fourth-order valence-corrected chi connectivity index (χ4v) is 2.13. The minimum atomic E-state index is 0.203. The number of rotatable bonds is 4. The van der Waals surface area contributed by atoms with Crippen molar-refractivity contribution in [3.63, 3.8) is 0 Å². The second-order valence-corrected chi connectivity index (χ2v) is 4.80. The van der Waals surface area contributed by atoms with Crippen molar-refractivity contribution in [3.05, 3.63) is 35.6 Å². The van der Waals surface area contributed by atoms with Crippen LogP contribution in [0.5, 0.6) is 0 Å². The highest BCUT2D eigenvalue weighted by Crippen LogP contribution is 2.22. The molecule has 2 rings (SSSR count). The molecule has 0 spiro atoms. The van der Waals surface area contributed by atoms with Crippen LogP contribution in [-0.4, -0.2) is 16.0 Å². The molecule has 0 bridgehead atoms. The van der Waals surface area contributed by atoms with Gasteiger partial charge in [-0.1, -0.05) is 6.07 Å². The Balaban J connectivity index is 2.14. The van der Waals surface area contributed by atoms with Gasteiger partial charge < -0.3 is 5.73 Å². The largest absolute Gasteiger partial charge is 0.328 e. The van der Waals surface area contributed by atoms with E-state index in [9.17, 15) is 0 Å². The minimum absolute atomic E-state index is 0.203. The van der Waals surface area contributed by atoms with Gasteiger partial charge in [0.05, 0.1) is 10.6 Å². The van der Waals surface area contributed by atoms with Gasteiger partial charge in [0.15, 0.2) is 0 Å². The van der Waals surface area contributed by atoms with Crippen LogP contribution in [0.2, 0.25) is 0 Å². The molecule has 4 heteroatoms. The molecule has 0 aromatic carbocycles. The van der Waals surface area contributed by atoms with Crippen molar-refractivity contribution in [2.45, 2.75) is 25.8 Å². The van der Waals surface area contributed by atoms with Gasteiger partial charge in [-0.25, -0.2) is 9.97 Å².